The second kappa shape index (κ2) is 6.70. The molecule has 98 valence electrons. The first-order valence-electron chi connectivity index (χ1n) is 5.60. The van der Waals surface area contributed by atoms with Crippen LogP contribution in [0.4, 0.5) is 0 Å². The normalized spacial score (nSPS) is 17.8. The van der Waals surface area contributed by atoms with E-state index < -0.39 is 12.1 Å². The van der Waals surface area contributed by atoms with Crippen molar-refractivity contribution in [1.29, 1.82) is 0 Å². The number of allylic oxidation sites excluding steroid dienone is 1. The number of nitrogens with two attached hydrogens (primary N) is 1. The fraction of sp³-hybridized carbons (Fsp3) is 0.417. The van der Waals surface area contributed by atoms with Crippen molar-refractivity contribution in [3.63, 3.8) is 0 Å². The van der Waals surface area contributed by atoms with Crippen LogP contribution < -0.4 is 5.73 Å². The lowest BCUT2D eigenvalue weighted by Crippen LogP contribution is -2.33. The molecule has 0 spiro atoms. The fourth-order valence-electron chi connectivity index (χ4n) is 1.53. The van der Waals surface area contributed by atoms with Gasteiger partial charge in [0.05, 0.1) is 6.10 Å². The lowest BCUT2D eigenvalue weighted by molar-refractivity contribution is -0.114. The van der Waals surface area contributed by atoms with Gasteiger partial charge in [-0.25, -0.2) is 0 Å². The summed E-state index contributed by atoms with van der Waals surface area (Å²) < 4.78 is 5.57. The SMILES string of the molecule is C=C[C@@H](O[C@@H](C)CN=O)N1C=CCC(C(N)=O)=C1. The van der Waals surface area contributed by atoms with E-state index in [1.54, 1.807) is 30.3 Å². The highest BCUT2D eigenvalue weighted by Gasteiger charge is 2.18. The van der Waals surface area contributed by atoms with E-state index in [1.165, 1.54) is 0 Å². The van der Waals surface area contributed by atoms with Gasteiger partial charge < -0.3 is 15.4 Å². The Morgan fingerprint density at radius 1 is 1.78 bits per heavy atom. The third-order valence-electron chi connectivity index (χ3n) is 2.44. The van der Waals surface area contributed by atoms with Gasteiger partial charge in [-0.1, -0.05) is 17.8 Å². The molecule has 0 unspecified atom stereocenters. The van der Waals surface area contributed by atoms with Crippen LogP contribution in [0.2, 0.25) is 0 Å². The molecule has 0 saturated heterocycles. The maximum Gasteiger partial charge on any atom is 0.246 e. The zero-order valence-electron chi connectivity index (χ0n) is 10.3. The van der Waals surface area contributed by atoms with Crippen LogP contribution in [0.25, 0.3) is 0 Å². The second-order valence-electron chi connectivity index (χ2n) is 3.94. The molecule has 0 aliphatic carbocycles. The van der Waals surface area contributed by atoms with Crippen LogP contribution in [0.5, 0.6) is 0 Å². The molecule has 0 bridgehead atoms. The van der Waals surface area contributed by atoms with Crippen molar-refractivity contribution in [2.45, 2.75) is 25.7 Å². The van der Waals surface area contributed by atoms with Gasteiger partial charge in [0.2, 0.25) is 5.91 Å². The van der Waals surface area contributed by atoms with E-state index in [2.05, 4.69) is 11.8 Å². The van der Waals surface area contributed by atoms with Crippen molar-refractivity contribution in [2.24, 2.45) is 10.9 Å². The largest absolute Gasteiger partial charge is 0.366 e. The van der Waals surface area contributed by atoms with Crippen LogP contribution >= 0.6 is 0 Å². The summed E-state index contributed by atoms with van der Waals surface area (Å²) in [6, 6.07) is 0. The van der Waals surface area contributed by atoms with Crippen molar-refractivity contribution in [2.75, 3.05) is 6.54 Å². The van der Waals surface area contributed by atoms with Gasteiger partial charge in [0.25, 0.3) is 0 Å². The Bertz CT molecular complexity index is 390. The number of amides is 1. The van der Waals surface area contributed by atoms with Crippen molar-refractivity contribution in [3.8, 4) is 0 Å². The van der Waals surface area contributed by atoms with Gasteiger partial charge >= 0.3 is 0 Å². The molecule has 1 aliphatic heterocycles. The summed E-state index contributed by atoms with van der Waals surface area (Å²) in [5.74, 6) is -0.463. The molecule has 2 atom stereocenters. The molecule has 0 fully saturated rings. The Morgan fingerprint density at radius 2 is 2.50 bits per heavy atom. The molecule has 1 aliphatic rings. The molecule has 6 nitrogen and oxygen atoms in total. The van der Waals surface area contributed by atoms with Crippen LogP contribution in [0, 0.1) is 4.91 Å². The van der Waals surface area contributed by atoms with E-state index in [0.717, 1.165) is 0 Å². The minimum atomic E-state index is -0.465. The molecular formula is C12H17N3O3. The molecule has 0 aromatic carbocycles. The van der Waals surface area contributed by atoms with Gasteiger partial charge in [-0.05, 0) is 19.4 Å². The smallest absolute Gasteiger partial charge is 0.246 e. The molecule has 0 radical (unpaired) electrons. The number of carbonyl (C=O) groups excluding carboxylic acids is 1. The van der Waals surface area contributed by atoms with Gasteiger partial charge in [0, 0.05) is 18.0 Å². The number of nitroso groups, excluding NO2 is 1. The molecule has 0 aromatic heterocycles. The predicted octanol–water partition coefficient (Wildman–Crippen LogP) is 1.26. The molecule has 1 rings (SSSR count). The molecule has 18 heavy (non-hydrogen) atoms. The lowest BCUT2D eigenvalue weighted by Gasteiger charge is -2.29. The topological polar surface area (TPSA) is 85.0 Å². The number of carbonyl (C=O) groups is 1. The average molecular weight is 251 g/mol. The van der Waals surface area contributed by atoms with Crippen LogP contribution in [-0.2, 0) is 9.53 Å². The quantitative estimate of drug-likeness (QED) is 0.545. The van der Waals surface area contributed by atoms with E-state index in [9.17, 15) is 9.70 Å². The summed E-state index contributed by atoms with van der Waals surface area (Å²) in [6.45, 7) is 5.47. The van der Waals surface area contributed by atoms with Crippen molar-refractivity contribution in [1.82, 2.24) is 4.90 Å². The van der Waals surface area contributed by atoms with Crippen LogP contribution in [0.3, 0.4) is 0 Å². The van der Waals surface area contributed by atoms with E-state index >= 15 is 0 Å². The third-order valence-corrected chi connectivity index (χ3v) is 2.44. The highest BCUT2D eigenvalue weighted by Crippen LogP contribution is 2.16. The van der Waals surface area contributed by atoms with Gasteiger partial charge in [-0.3, -0.25) is 4.79 Å². The van der Waals surface area contributed by atoms with Crippen molar-refractivity contribution >= 4 is 5.91 Å². The summed E-state index contributed by atoms with van der Waals surface area (Å²) in [6.07, 6.45) is 6.49. The molecule has 2 N–H and O–H groups in total. The first-order valence-corrected chi connectivity index (χ1v) is 5.60. The molecular weight excluding hydrogens is 234 g/mol. The number of nitrogens with zero attached hydrogens (tertiary/aromatic N) is 2. The van der Waals surface area contributed by atoms with Crippen molar-refractivity contribution in [3.05, 3.63) is 41.6 Å². The van der Waals surface area contributed by atoms with Crippen molar-refractivity contribution < 1.29 is 9.53 Å². The van der Waals surface area contributed by atoms with E-state index in [4.69, 9.17) is 10.5 Å². The van der Waals surface area contributed by atoms with Gasteiger partial charge in [-0.2, -0.15) is 4.91 Å². The highest BCUT2D eigenvalue weighted by molar-refractivity contribution is 5.92. The van der Waals surface area contributed by atoms with Crippen LogP contribution in [0.1, 0.15) is 13.3 Å². The number of hydrogen-bond acceptors (Lipinski definition) is 5. The zero-order chi connectivity index (χ0) is 13.5. The summed E-state index contributed by atoms with van der Waals surface area (Å²) in [5, 5.41) is 2.78. The van der Waals surface area contributed by atoms with E-state index in [1.807, 2.05) is 6.08 Å². The molecule has 6 heteroatoms. The molecule has 1 heterocycles. The lowest BCUT2D eigenvalue weighted by atomic mass is 10.1. The standard InChI is InChI=1S/C12H17N3O3/c1-3-11(18-9(2)7-14-17)15-6-4-5-10(8-15)12(13)16/h3-4,6,8-9,11H,1,5,7H2,2H3,(H2,13,16)/t9-,11+/m0/s1. The second-order valence-corrected chi connectivity index (χ2v) is 3.94. The minimum absolute atomic E-state index is 0.0638. The summed E-state index contributed by atoms with van der Waals surface area (Å²) in [7, 11) is 0. The van der Waals surface area contributed by atoms with E-state index in [0.29, 0.717) is 12.0 Å². The number of ether oxygens (including phenoxy) is 1. The van der Waals surface area contributed by atoms with Gasteiger partial charge in [0.1, 0.15) is 6.54 Å². The average Bonchev–Trinajstić information content (AvgIpc) is 2.36. The molecule has 0 aromatic rings. The van der Waals surface area contributed by atoms with Crippen LogP contribution in [0.15, 0.2) is 41.9 Å². The number of hydrogen-bond donors (Lipinski definition) is 1. The van der Waals surface area contributed by atoms with E-state index in [-0.39, 0.29) is 12.6 Å². The molecule has 0 saturated carbocycles. The minimum Gasteiger partial charge on any atom is -0.366 e. The predicted molar refractivity (Wildman–Crippen MR) is 68.1 cm³/mol. The fourth-order valence-corrected chi connectivity index (χ4v) is 1.53. The van der Waals surface area contributed by atoms with Crippen LogP contribution in [-0.4, -0.2) is 29.7 Å². The highest BCUT2D eigenvalue weighted by atomic mass is 16.5. The Labute approximate surface area is 106 Å². The number of rotatable bonds is 7. The van der Waals surface area contributed by atoms with Gasteiger partial charge in [0.15, 0.2) is 6.23 Å². The summed E-state index contributed by atoms with van der Waals surface area (Å²) >= 11 is 0. The monoisotopic (exact) mass is 251 g/mol. The maximum atomic E-state index is 11.1. The summed E-state index contributed by atoms with van der Waals surface area (Å²) in [5.41, 5.74) is 5.72. The first kappa shape index (κ1) is 14.1. The maximum absolute atomic E-state index is 11.1. The summed E-state index contributed by atoms with van der Waals surface area (Å²) in [4.78, 5) is 22.9. The van der Waals surface area contributed by atoms with Gasteiger partial charge in [-0.15, -0.1) is 0 Å². The number of primary amides is 1. The first-order chi connectivity index (χ1) is 8.58. The third kappa shape index (κ3) is 3.81. The Morgan fingerprint density at radius 3 is 3.06 bits per heavy atom. The Balaban J connectivity index is 2.72. The molecule has 1 amide bonds. The Hall–Kier alpha value is -1.95. The zero-order valence-corrected chi connectivity index (χ0v) is 10.3. The Kier molecular flexibility index (Phi) is 5.26.